The van der Waals surface area contributed by atoms with Crippen LogP contribution in [0.3, 0.4) is 0 Å². The Morgan fingerprint density at radius 1 is 1.00 bits per heavy atom. The topological polar surface area (TPSA) is 49.6 Å². The lowest BCUT2D eigenvalue weighted by Crippen LogP contribution is -2.36. The number of piperidine rings is 1. The maximum Gasteiger partial charge on any atom is 0.232 e. The molecule has 5 heteroatoms. The van der Waals surface area contributed by atoms with Crippen LogP contribution in [0.4, 0.5) is 5.88 Å². The number of hydrogen-bond donors (Lipinski definition) is 0. The molecule has 0 radical (unpaired) electrons. The largest absolute Gasteiger partial charge is 0.340 e. The van der Waals surface area contributed by atoms with E-state index in [1.807, 2.05) is 53.4 Å². The Morgan fingerprint density at radius 3 is 2.31 bits per heavy atom. The van der Waals surface area contributed by atoms with Crippen LogP contribution >= 0.6 is 0 Å². The summed E-state index contributed by atoms with van der Waals surface area (Å²) >= 11 is 0. The standard InChI is InChI=1S/C27H33N3O2/c1-21(2)19-30(25(31)18-22-12-6-3-7-13-22)20-24-26(23-14-8-4-9-15-23)28-32-27(24)29-16-10-5-11-17-29/h3-4,6-9,12-15,21H,5,10-11,16-20H2,1-2H3. The predicted molar refractivity (Wildman–Crippen MR) is 128 cm³/mol. The summed E-state index contributed by atoms with van der Waals surface area (Å²) in [4.78, 5) is 17.6. The van der Waals surface area contributed by atoms with Crippen molar-refractivity contribution in [3.05, 3.63) is 71.8 Å². The van der Waals surface area contributed by atoms with Crippen molar-refractivity contribution in [3.8, 4) is 11.3 Å². The van der Waals surface area contributed by atoms with Crippen LogP contribution in [0.1, 0.15) is 44.2 Å². The Hall–Kier alpha value is -3.08. The Morgan fingerprint density at radius 2 is 1.66 bits per heavy atom. The lowest BCUT2D eigenvalue weighted by Gasteiger charge is -2.29. The zero-order valence-corrected chi connectivity index (χ0v) is 19.2. The van der Waals surface area contributed by atoms with Crippen molar-refractivity contribution in [3.63, 3.8) is 0 Å². The first-order valence-corrected chi connectivity index (χ1v) is 11.7. The van der Waals surface area contributed by atoms with Gasteiger partial charge in [0.2, 0.25) is 11.8 Å². The number of benzene rings is 2. The molecule has 0 bridgehead atoms. The van der Waals surface area contributed by atoms with Crippen LogP contribution in [0.25, 0.3) is 11.3 Å². The van der Waals surface area contributed by atoms with E-state index in [0.29, 0.717) is 25.4 Å². The van der Waals surface area contributed by atoms with Gasteiger partial charge >= 0.3 is 0 Å². The maximum atomic E-state index is 13.4. The third-order valence-electron chi connectivity index (χ3n) is 5.94. The fraction of sp³-hybridized carbons (Fsp3) is 0.407. The average molecular weight is 432 g/mol. The Labute approximate surface area is 191 Å². The SMILES string of the molecule is CC(C)CN(Cc1c(-c2ccccc2)noc1N1CCCCC1)C(=O)Cc1ccccc1. The van der Waals surface area contributed by atoms with Gasteiger partial charge in [-0.25, -0.2) is 0 Å². The van der Waals surface area contributed by atoms with Gasteiger partial charge in [0.15, 0.2) is 0 Å². The molecule has 0 aliphatic carbocycles. The lowest BCUT2D eigenvalue weighted by molar-refractivity contribution is -0.131. The van der Waals surface area contributed by atoms with E-state index in [1.165, 1.54) is 6.42 Å². The first-order valence-electron chi connectivity index (χ1n) is 11.7. The maximum absolute atomic E-state index is 13.4. The quantitative estimate of drug-likeness (QED) is 0.469. The van der Waals surface area contributed by atoms with Gasteiger partial charge in [0, 0.05) is 25.2 Å². The average Bonchev–Trinajstić information content (AvgIpc) is 3.23. The highest BCUT2D eigenvalue weighted by Gasteiger charge is 2.27. The number of carbonyl (C=O) groups excluding carboxylic acids is 1. The second kappa shape index (κ2) is 10.5. The number of amides is 1. The summed E-state index contributed by atoms with van der Waals surface area (Å²) in [6.07, 6.45) is 3.96. The van der Waals surface area contributed by atoms with Gasteiger partial charge in [0.05, 0.1) is 18.5 Å². The molecule has 1 fully saturated rings. The molecule has 2 aromatic carbocycles. The monoisotopic (exact) mass is 431 g/mol. The summed E-state index contributed by atoms with van der Waals surface area (Å²) in [5.41, 5.74) is 3.92. The summed E-state index contributed by atoms with van der Waals surface area (Å²) in [7, 11) is 0. The van der Waals surface area contributed by atoms with Crippen molar-refractivity contribution in [2.45, 2.75) is 46.1 Å². The lowest BCUT2D eigenvalue weighted by atomic mass is 10.0. The van der Waals surface area contributed by atoms with Gasteiger partial charge in [-0.05, 0) is 30.7 Å². The summed E-state index contributed by atoms with van der Waals surface area (Å²) in [5, 5.41) is 4.48. The number of carbonyl (C=O) groups is 1. The molecule has 32 heavy (non-hydrogen) atoms. The van der Waals surface area contributed by atoms with Gasteiger partial charge in [-0.2, -0.15) is 0 Å². The molecule has 3 aromatic rings. The van der Waals surface area contributed by atoms with Crippen molar-refractivity contribution in [1.82, 2.24) is 10.1 Å². The van der Waals surface area contributed by atoms with Gasteiger partial charge < -0.3 is 14.3 Å². The molecule has 1 amide bonds. The molecule has 1 aliphatic heterocycles. The number of anilines is 1. The number of nitrogens with zero attached hydrogens (tertiary/aromatic N) is 3. The second-order valence-electron chi connectivity index (χ2n) is 9.06. The van der Waals surface area contributed by atoms with E-state index < -0.39 is 0 Å². The number of rotatable bonds is 8. The van der Waals surface area contributed by atoms with Crippen molar-refractivity contribution >= 4 is 11.8 Å². The van der Waals surface area contributed by atoms with Gasteiger partial charge in [-0.15, -0.1) is 0 Å². The van der Waals surface area contributed by atoms with E-state index in [1.54, 1.807) is 0 Å². The summed E-state index contributed by atoms with van der Waals surface area (Å²) < 4.78 is 5.93. The Balaban J connectivity index is 1.66. The molecule has 0 unspecified atom stereocenters. The molecule has 4 rings (SSSR count). The number of hydrogen-bond acceptors (Lipinski definition) is 4. The molecule has 2 heterocycles. The predicted octanol–water partition coefficient (Wildman–Crippen LogP) is 5.56. The van der Waals surface area contributed by atoms with E-state index in [9.17, 15) is 4.79 Å². The Bertz CT molecular complexity index is 992. The van der Waals surface area contributed by atoms with Crippen LogP contribution in [-0.2, 0) is 17.8 Å². The van der Waals surface area contributed by atoms with Crippen molar-refractivity contribution in [2.75, 3.05) is 24.5 Å². The molecular formula is C27H33N3O2. The van der Waals surface area contributed by atoms with Crippen molar-refractivity contribution in [2.24, 2.45) is 5.92 Å². The first-order chi connectivity index (χ1) is 15.6. The van der Waals surface area contributed by atoms with Crippen molar-refractivity contribution in [1.29, 1.82) is 0 Å². The fourth-order valence-corrected chi connectivity index (χ4v) is 4.38. The first kappa shape index (κ1) is 22.1. The minimum atomic E-state index is 0.134. The van der Waals surface area contributed by atoms with Crippen LogP contribution < -0.4 is 4.90 Å². The molecule has 0 atom stereocenters. The minimum absolute atomic E-state index is 0.134. The minimum Gasteiger partial charge on any atom is -0.340 e. The van der Waals surface area contributed by atoms with Crippen LogP contribution in [0, 0.1) is 5.92 Å². The normalized spacial score (nSPS) is 14.0. The summed E-state index contributed by atoms with van der Waals surface area (Å²) in [5.74, 6) is 1.33. The van der Waals surface area contributed by atoms with Gasteiger partial charge in [-0.1, -0.05) is 79.7 Å². The molecular weight excluding hydrogens is 398 g/mol. The van der Waals surface area contributed by atoms with E-state index in [4.69, 9.17) is 4.52 Å². The summed E-state index contributed by atoms with van der Waals surface area (Å²) in [6, 6.07) is 20.1. The van der Waals surface area contributed by atoms with Crippen LogP contribution in [0.2, 0.25) is 0 Å². The third-order valence-corrected chi connectivity index (χ3v) is 5.94. The molecule has 0 spiro atoms. The molecule has 1 aliphatic rings. The fourth-order valence-electron chi connectivity index (χ4n) is 4.38. The second-order valence-corrected chi connectivity index (χ2v) is 9.06. The van der Waals surface area contributed by atoms with E-state index in [0.717, 1.165) is 54.2 Å². The summed E-state index contributed by atoms with van der Waals surface area (Å²) in [6.45, 7) is 7.45. The highest BCUT2D eigenvalue weighted by Crippen LogP contribution is 2.34. The Kier molecular flexibility index (Phi) is 7.25. The van der Waals surface area contributed by atoms with Gasteiger partial charge in [0.1, 0.15) is 5.69 Å². The van der Waals surface area contributed by atoms with Gasteiger partial charge in [0.25, 0.3) is 0 Å². The molecule has 168 valence electrons. The zero-order valence-electron chi connectivity index (χ0n) is 19.2. The highest BCUT2D eigenvalue weighted by molar-refractivity contribution is 5.79. The van der Waals surface area contributed by atoms with E-state index in [-0.39, 0.29) is 5.91 Å². The number of aromatic nitrogens is 1. The molecule has 1 aromatic heterocycles. The van der Waals surface area contributed by atoms with Crippen molar-refractivity contribution < 1.29 is 9.32 Å². The van der Waals surface area contributed by atoms with Crippen LogP contribution in [-0.4, -0.2) is 35.6 Å². The van der Waals surface area contributed by atoms with E-state index in [2.05, 4.69) is 36.0 Å². The van der Waals surface area contributed by atoms with Crippen LogP contribution in [0.15, 0.2) is 65.2 Å². The molecule has 1 saturated heterocycles. The molecule has 0 saturated carbocycles. The van der Waals surface area contributed by atoms with Gasteiger partial charge in [-0.3, -0.25) is 4.79 Å². The zero-order chi connectivity index (χ0) is 22.3. The van der Waals surface area contributed by atoms with E-state index >= 15 is 0 Å². The molecule has 5 nitrogen and oxygen atoms in total. The highest BCUT2D eigenvalue weighted by atomic mass is 16.5. The van der Waals surface area contributed by atoms with Crippen LogP contribution in [0.5, 0.6) is 0 Å². The smallest absolute Gasteiger partial charge is 0.232 e. The molecule has 0 N–H and O–H groups in total. The third kappa shape index (κ3) is 5.39.